The zero-order chi connectivity index (χ0) is 10.6. The molecule has 5 heteroatoms. The number of hydrogen-bond donors (Lipinski definition) is 3. The second-order valence-corrected chi connectivity index (χ2v) is 3.12. The predicted octanol–water partition coefficient (Wildman–Crippen LogP) is -0.470. The van der Waals surface area contributed by atoms with Crippen molar-refractivity contribution in [1.82, 2.24) is 0 Å². The Kier molecular flexibility index (Phi) is 4.06. The van der Waals surface area contributed by atoms with Crippen LogP contribution < -0.4 is 0 Å². The van der Waals surface area contributed by atoms with Crippen LogP contribution in [0.25, 0.3) is 0 Å². The largest absolute Gasteiger partial charge is 0.478 e. The lowest BCUT2D eigenvalue weighted by Gasteiger charge is -2.02. The van der Waals surface area contributed by atoms with Crippen LogP contribution in [-0.2, 0) is 9.53 Å². The van der Waals surface area contributed by atoms with Crippen molar-refractivity contribution >= 4 is 5.97 Å². The monoisotopic (exact) mass is 202 g/mol. The van der Waals surface area contributed by atoms with E-state index in [1.54, 1.807) is 6.08 Å². The number of epoxide rings is 1. The number of fused-ring (bicyclic) bond motifs is 1. The Hall–Kier alpha value is -0.910. The van der Waals surface area contributed by atoms with Gasteiger partial charge in [0.05, 0.1) is 19.3 Å². The molecule has 2 unspecified atom stereocenters. The molecule has 0 amide bonds. The summed E-state index contributed by atoms with van der Waals surface area (Å²) in [7, 11) is 0. The summed E-state index contributed by atoms with van der Waals surface area (Å²) in [4.78, 5) is 10.4. The standard InChI is InChI=1S/C7H8O3.C2H6O2/c8-7(9)4-1-2-5-6(3-4)10-5;3-1-2-4/h3,5-6H,1-2H2,(H,8,9);3-4H,1-2H2. The second-order valence-electron chi connectivity index (χ2n) is 3.12. The molecular formula is C9H14O5. The van der Waals surface area contributed by atoms with Crippen molar-refractivity contribution in [1.29, 1.82) is 0 Å². The van der Waals surface area contributed by atoms with Crippen LogP contribution in [0.1, 0.15) is 12.8 Å². The topological polar surface area (TPSA) is 90.3 Å². The van der Waals surface area contributed by atoms with Crippen molar-refractivity contribution in [3.05, 3.63) is 11.6 Å². The molecule has 2 atom stereocenters. The highest BCUT2D eigenvalue weighted by Gasteiger charge is 2.40. The summed E-state index contributed by atoms with van der Waals surface area (Å²) in [6, 6.07) is 0. The number of aliphatic carboxylic acids is 1. The van der Waals surface area contributed by atoms with Gasteiger partial charge >= 0.3 is 5.97 Å². The molecule has 0 spiro atoms. The quantitative estimate of drug-likeness (QED) is 0.527. The highest BCUT2D eigenvalue weighted by atomic mass is 16.6. The van der Waals surface area contributed by atoms with Crippen molar-refractivity contribution in [3.63, 3.8) is 0 Å². The van der Waals surface area contributed by atoms with E-state index in [1.165, 1.54) is 0 Å². The first kappa shape index (κ1) is 11.2. The molecule has 14 heavy (non-hydrogen) atoms. The molecule has 0 aromatic rings. The second kappa shape index (κ2) is 5.09. The van der Waals surface area contributed by atoms with E-state index in [4.69, 9.17) is 20.1 Å². The van der Waals surface area contributed by atoms with Gasteiger partial charge in [-0.15, -0.1) is 0 Å². The van der Waals surface area contributed by atoms with Gasteiger partial charge in [-0.2, -0.15) is 0 Å². The maximum absolute atomic E-state index is 10.4. The van der Waals surface area contributed by atoms with Crippen molar-refractivity contribution in [2.45, 2.75) is 25.0 Å². The van der Waals surface area contributed by atoms with Gasteiger partial charge in [0.2, 0.25) is 0 Å². The van der Waals surface area contributed by atoms with Crippen molar-refractivity contribution < 1.29 is 24.9 Å². The van der Waals surface area contributed by atoms with Crippen LogP contribution in [0.4, 0.5) is 0 Å². The highest BCUT2D eigenvalue weighted by Crippen LogP contribution is 2.34. The summed E-state index contributed by atoms with van der Waals surface area (Å²) >= 11 is 0. The van der Waals surface area contributed by atoms with E-state index < -0.39 is 5.97 Å². The number of rotatable bonds is 2. The minimum atomic E-state index is -0.797. The molecule has 0 aromatic heterocycles. The molecule has 5 nitrogen and oxygen atoms in total. The zero-order valence-corrected chi connectivity index (χ0v) is 7.72. The molecule has 3 N–H and O–H groups in total. The van der Waals surface area contributed by atoms with Gasteiger partial charge in [-0.1, -0.05) is 0 Å². The van der Waals surface area contributed by atoms with Gasteiger partial charge in [0.15, 0.2) is 0 Å². The first-order valence-corrected chi connectivity index (χ1v) is 4.50. The average molecular weight is 202 g/mol. The summed E-state index contributed by atoms with van der Waals surface area (Å²) in [5.41, 5.74) is 0.513. The number of aliphatic hydroxyl groups is 2. The molecule has 1 saturated heterocycles. The SMILES string of the molecule is O=C(O)C1=CC2OC2CC1.OCCO. The Morgan fingerprint density at radius 3 is 2.57 bits per heavy atom. The van der Waals surface area contributed by atoms with Gasteiger partial charge in [0.25, 0.3) is 0 Å². The summed E-state index contributed by atoms with van der Waals surface area (Å²) in [5, 5.41) is 23.8. The Labute approximate surface area is 81.6 Å². The molecule has 0 aromatic carbocycles. The van der Waals surface area contributed by atoms with Crippen molar-refractivity contribution in [3.8, 4) is 0 Å². The van der Waals surface area contributed by atoms with Gasteiger partial charge in [-0.25, -0.2) is 4.79 Å². The summed E-state index contributed by atoms with van der Waals surface area (Å²) < 4.78 is 5.12. The lowest BCUT2D eigenvalue weighted by molar-refractivity contribution is -0.132. The average Bonchev–Trinajstić information content (AvgIpc) is 2.95. The van der Waals surface area contributed by atoms with E-state index in [1.807, 2.05) is 0 Å². The van der Waals surface area contributed by atoms with Crippen LogP contribution in [-0.4, -0.2) is 46.7 Å². The minimum absolute atomic E-state index is 0.125. The Balaban J connectivity index is 0.000000213. The summed E-state index contributed by atoms with van der Waals surface area (Å²) in [6.07, 6.45) is 3.72. The summed E-state index contributed by atoms with van der Waals surface area (Å²) in [5.74, 6) is -0.797. The Bertz CT molecular complexity index is 233. The Morgan fingerprint density at radius 2 is 2.14 bits per heavy atom. The van der Waals surface area contributed by atoms with Gasteiger partial charge in [-0.05, 0) is 18.9 Å². The molecule has 2 rings (SSSR count). The molecule has 1 heterocycles. The maximum atomic E-state index is 10.4. The number of hydrogen-bond acceptors (Lipinski definition) is 4. The van der Waals surface area contributed by atoms with Crippen LogP contribution in [0.3, 0.4) is 0 Å². The molecule has 80 valence electrons. The number of ether oxygens (including phenoxy) is 1. The summed E-state index contributed by atoms with van der Waals surface area (Å²) in [6.45, 7) is -0.250. The lowest BCUT2D eigenvalue weighted by atomic mass is 10.0. The highest BCUT2D eigenvalue weighted by molar-refractivity contribution is 5.87. The number of carboxylic acid groups (broad SMARTS) is 1. The van der Waals surface area contributed by atoms with Crippen molar-refractivity contribution in [2.75, 3.05) is 13.2 Å². The van der Waals surface area contributed by atoms with Gasteiger partial charge in [0, 0.05) is 5.57 Å². The van der Waals surface area contributed by atoms with Crippen LogP contribution in [0, 0.1) is 0 Å². The first-order valence-electron chi connectivity index (χ1n) is 4.50. The van der Waals surface area contributed by atoms with E-state index in [0.29, 0.717) is 18.1 Å². The van der Waals surface area contributed by atoms with Crippen molar-refractivity contribution in [2.24, 2.45) is 0 Å². The molecule has 1 fully saturated rings. The fourth-order valence-corrected chi connectivity index (χ4v) is 1.29. The third kappa shape index (κ3) is 3.10. The molecule has 2 aliphatic rings. The maximum Gasteiger partial charge on any atom is 0.331 e. The minimum Gasteiger partial charge on any atom is -0.478 e. The van der Waals surface area contributed by atoms with E-state index >= 15 is 0 Å². The third-order valence-corrected chi connectivity index (χ3v) is 2.06. The van der Waals surface area contributed by atoms with E-state index in [-0.39, 0.29) is 19.3 Å². The third-order valence-electron chi connectivity index (χ3n) is 2.06. The number of carbonyl (C=O) groups is 1. The van der Waals surface area contributed by atoms with Gasteiger partial charge < -0.3 is 20.1 Å². The van der Waals surface area contributed by atoms with Crippen LogP contribution in [0.15, 0.2) is 11.6 Å². The fourth-order valence-electron chi connectivity index (χ4n) is 1.29. The molecule has 0 saturated carbocycles. The molecule has 1 aliphatic carbocycles. The Morgan fingerprint density at radius 1 is 1.50 bits per heavy atom. The van der Waals surface area contributed by atoms with E-state index in [9.17, 15) is 4.79 Å². The lowest BCUT2D eigenvalue weighted by Crippen LogP contribution is -2.08. The zero-order valence-electron chi connectivity index (χ0n) is 7.72. The van der Waals surface area contributed by atoms with Gasteiger partial charge in [-0.3, -0.25) is 0 Å². The van der Waals surface area contributed by atoms with Crippen LogP contribution >= 0.6 is 0 Å². The predicted molar refractivity (Wildman–Crippen MR) is 47.8 cm³/mol. The molecule has 0 bridgehead atoms. The number of aliphatic hydroxyl groups excluding tert-OH is 2. The van der Waals surface area contributed by atoms with Gasteiger partial charge in [0.1, 0.15) is 6.10 Å². The molecular weight excluding hydrogens is 188 g/mol. The van der Waals surface area contributed by atoms with E-state index in [2.05, 4.69) is 0 Å². The smallest absolute Gasteiger partial charge is 0.331 e. The first-order chi connectivity index (χ1) is 6.69. The normalized spacial score (nSPS) is 28.0. The fraction of sp³-hybridized carbons (Fsp3) is 0.667. The van der Waals surface area contributed by atoms with Crippen LogP contribution in [0.5, 0.6) is 0 Å². The number of carboxylic acids is 1. The van der Waals surface area contributed by atoms with E-state index in [0.717, 1.165) is 6.42 Å². The molecule has 0 radical (unpaired) electrons. The van der Waals surface area contributed by atoms with Crippen LogP contribution in [0.2, 0.25) is 0 Å². The molecule has 1 aliphatic heterocycles.